The maximum Gasteiger partial charge on any atom is 0.336 e. The van der Waals surface area contributed by atoms with Crippen LogP contribution < -0.4 is 10.4 Å². The molecule has 144 valence electrons. The summed E-state index contributed by atoms with van der Waals surface area (Å²) in [7, 11) is 0. The molecule has 0 aliphatic carbocycles. The molecule has 1 aromatic heterocycles. The molecular weight excluding hydrogens is 386 g/mol. The Morgan fingerprint density at radius 3 is 2.45 bits per heavy atom. The third kappa shape index (κ3) is 3.41. The van der Waals surface area contributed by atoms with Gasteiger partial charge < -0.3 is 9.15 Å². The molecule has 1 aliphatic heterocycles. The van der Waals surface area contributed by atoms with E-state index >= 15 is 0 Å². The SMILES string of the molecule is O=c1cc(-c2ccccc2)c2cc(Cl)c3c(c2o1)CN(Cc1ccccc1)CO3. The van der Waals surface area contributed by atoms with Gasteiger partial charge in [-0.2, -0.15) is 0 Å². The Balaban J connectivity index is 1.63. The van der Waals surface area contributed by atoms with Crippen molar-refractivity contribution < 1.29 is 9.15 Å². The van der Waals surface area contributed by atoms with E-state index in [0.29, 0.717) is 29.6 Å². The van der Waals surface area contributed by atoms with Gasteiger partial charge in [0.05, 0.1) is 10.6 Å². The van der Waals surface area contributed by atoms with Crippen molar-refractivity contribution in [1.82, 2.24) is 4.90 Å². The number of benzene rings is 3. The van der Waals surface area contributed by atoms with Gasteiger partial charge in [-0.15, -0.1) is 0 Å². The molecule has 0 saturated carbocycles. The monoisotopic (exact) mass is 403 g/mol. The first-order valence-corrected chi connectivity index (χ1v) is 9.80. The normalized spacial score (nSPS) is 13.8. The van der Waals surface area contributed by atoms with Gasteiger partial charge in [0.2, 0.25) is 0 Å². The van der Waals surface area contributed by atoms with Crippen LogP contribution in [0.15, 0.2) is 82.0 Å². The summed E-state index contributed by atoms with van der Waals surface area (Å²) >= 11 is 6.56. The van der Waals surface area contributed by atoms with Gasteiger partial charge >= 0.3 is 5.63 Å². The van der Waals surface area contributed by atoms with Crippen molar-refractivity contribution in [2.75, 3.05) is 6.73 Å². The fourth-order valence-corrected chi connectivity index (χ4v) is 4.11. The maximum atomic E-state index is 12.4. The minimum atomic E-state index is -0.388. The maximum absolute atomic E-state index is 12.4. The summed E-state index contributed by atoms with van der Waals surface area (Å²) in [6, 6.07) is 23.3. The van der Waals surface area contributed by atoms with Crippen molar-refractivity contribution in [3.63, 3.8) is 0 Å². The van der Waals surface area contributed by atoms with Crippen LogP contribution in [-0.4, -0.2) is 11.6 Å². The molecule has 0 saturated heterocycles. The third-order valence-corrected chi connectivity index (χ3v) is 5.42. The largest absolute Gasteiger partial charge is 0.476 e. The number of hydrogen-bond donors (Lipinski definition) is 0. The summed E-state index contributed by atoms with van der Waals surface area (Å²) in [6.45, 7) is 1.75. The van der Waals surface area contributed by atoms with E-state index in [1.165, 1.54) is 11.6 Å². The van der Waals surface area contributed by atoms with Crippen LogP contribution in [0.25, 0.3) is 22.1 Å². The Morgan fingerprint density at radius 1 is 0.966 bits per heavy atom. The van der Waals surface area contributed by atoms with Crippen LogP contribution in [-0.2, 0) is 13.1 Å². The quantitative estimate of drug-likeness (QED) is 0.426. The van der Waals surface area contributed by atoms with E-state index in [2.05, 4.69) is 17.0 Å². The topological polar surface area (TPSA) is 42.7 Å². The van der Waals surface area contributed by atoms with Crippen LogP contribution in [0.1, 0.15) is 11.1 Å². The summed E-state index contributed by atoms with van der Waals surface area (Å²) in [5.41, 5.74) is 3.90. The predicted octanol–water partition coefficient (Wildman–Crippen LogP) is 5.47. The molecule has 4 nitrogen and oxygen atoms in total. The van der Waals surface area contributed by atoms with Crippen molar-refractivity contribution in [2.24, 2.45) is 0 Å². The summed E-state index contributed by atoms with van der Waals surface area (Å²) in [6.07, 6.45) is 0. The molecule has 0 bridgehead atoms. The second-order valence-corrected chi connectivity index (χ2v) is 7.54. The second-order valence-electron chi connectivity index (χ2n) is 7.13. The van der Waals surface area contributed by atoms with Gasteiger partial charge in [-0.1, -0.05) is 72.3 Å². The first-order chi connectivity index (χ1) is 14.2. The molecular formula is C24H18ClNO3. The number of nitrogens with zero attached hydrogens (tertiary/aromatic N) is 1. The minimum absolute atomic E-state index is 0.388. The van der Waals surface area contributed by atoms with Gasteiger partial charge in [-0.25, -0.2) is 4.79 Å². The van der Waals surface area contributed by atoms with Crippen molar-refractivity contribution in [3.8, 4) is 16.9 Å². The molecule has 29 heavy (non-hydrogen) atoms. The van der Waals surface area contributed by atoms with Crippen LogP contribution in [0.4, 0.5) is 0 Å². The lowest BCUT2D eigenvalue weighted by molar-refractivity contribution is 0.0891. The van der Waals surface area contributed by atoms with Gasteiger partial charge in [-0.05, 0) is 22.8 Å². The number of hydrogen-bond acceptors (Lipinski definition) is 4. The van der Waals surface area contributed by atoms with E-state index in [1.807, 2.05) is 54.6 Å². The van der Waals surface area contributed by atoms with Crippen molar-refractivity contribution >= 4 is 22.6 Å². The van der Waals surface area contributed by atoms with Gasteiger partial charge in [0.1, 0.15) is 18.1 Å². The molecule has 0 spiro atoms. The number of rotatable bonds is 3. The average molecular weight is 404 g/mol. The van der Waals surface area contributed by atoms with Gasteiger partial charge in [0, 0.05) is 24.5 Å². The smallest absolute Gasteiger partial charge is 0.336 e. The molecule has 3 aromatic carbocycles. The predicted molar refractivity (Wildman–Crippen MR) is 114 cm³/mol. The Labute approximate surface area is 172 Å². The lowest BCUT2D eigenvalue weighted by atomic mass is 9.99. The van der Waals surface area contributed by atoms with Crippen LogP contribution >= 0.6 is 11.6 Å². The minimum Gasteiger partial charge on any atom is -0.476 e. The van der Waals surface area contributed by atoms with E-state index < -0.39 is 0 Å². The van der Waals surface area contributed by atoms with Crippen LogP contribution in [0.5, 0.6) is 5.75 Å². The zero-order chi connectivity index (χ0) is 19.8. The van der Waals surface area contributed by atoms with Crippen molar-refractivity contribution in [1.29, 1.82) is 0 Å². The Hall–Kier alpha value is -3.08. The molecule has 0 atom stereocenters. The molecule has 5 rings (SSSR count). The Kier molecular flexibility index (Phi) is 4.58. The molecule has 0 radical (unpaired) electrons. The van der Waals surface area contributed by atoms with Gasteiger partial charge in [0.25, 0.3) is 0 Å². The fourth-order valence-electron chi connectivity index (χ4n) is 3.83. The summed E-state index contributed by atoms with van der Waals surface area (Å²) < 4.78 is 11.6. The van der Waals surface area contributed by atoms with E-state index in [1.54, 1.807) is 0 Å². The molecule has 4 aromatic rings. The highest BCUT2D eigenvalue weighted by Crippen LogP contribution is 2.41. The first kappa shape index (κ1) is 18.0. The lowest BCUT2D eigenvalue weighted by Crippen LogP contribution is -2.31. The third-order valence-electron chi connectivity index (χ3n) is 5.14. The first-order valence-electron chi connectivity index (χ1n) is 9.43. The summed E-state index contributed by atoms with van der Waals surface area (Å²) in [5.74, 6) is 0.594. The summed E-state index contributed by atoms with van der Waals surface area (Å²) in [4.78, 5) is 14.5. The number of fused-ring (bicyclic) bond motifs is 3. The molecule has 2 heterocycles. The van der Waals surface area contributed by atoms with Crippen molar-refractivity contribution in [3.05, 3.63) is 99.4 Å². The molecule has 0 N–H and O–H groups in total. The molecule has 0 fully saturated rings. The van der Waals surface area contributed by atoms with Crippen LogP contribution in [0.2, 0.25) is 5.02 Å². The molecule has 0 amide bonds. The zero-order valence-electron chi connectivity index (χ0n) is 15.6. The highest BCUT2D eigenvalue weighted by Gasteiger charge is 2.25. The van der Waals surface area contributed by atoms with Gasteiger partial charge in [-0.3, -0.25) is 4.90 Å². The number of halogens is 1. The standard InChI is InChI=1S/C24H18ClNO3/c25-21-11-19-18(17-9-5-2-6-10-17)12-22(27)29-23(19)20-14-26(15-28-24(20)21)13-16-7-3-1-4-8-16/h1-12H,13-15H2. The van der Waals surface area contributed by atoms with Crippen LogP contribution in [0.3, 0.4) is 0 Å². The van der Waals surface area contributed by atoms with Gasteiger partial charge in [0.15, 0.2) is 0 Å². The average Bonchev–Trinajstić information content (AvgIpc) is 2.75. The lowest BCUT2D eigenvalue weighted by Gasteiger charge is -2.30. The molecule has 0 unspecified atom stereocenters. The zero-order valence-corrected chi connectivity index (χ0v) is 16.4. The van der Waals surface area contributed by atoms with E-state index in [9.17, 15) is 4.79 Å². The highest BCUT2D eigenvalue weighted by molar-refractivity contribution is 6.33. The van der Waals surface area contributed by atoms with E-state index in [-0.39, 0.29) is 5.63 Å². The molecule has 5 heteroatoms. The Bertz CT molecular complexity index is 1240. The van der Waals surface area contributed by atoms with Crippen molar-refractivity contribution in [2.45, 2.75) is 13.1 Å². The summed E-state index contributed by atoms with van der Waals surface area (Å²) in [5, 5.41) is 1.34. The second kappa shape index (κ2) is 7.39. The van der Waals surface area contributed by atoms with E-state index in [0.717, 1.165) is 28.6 Å². The van der Waals surface area contributed by atoms with E-state index in [4.69, 9.17) is 20.8 Å². The Morgan fingerprint density at radius 2 is 1.69 bits per heavy atom. The highest BCUT2D eigenvalue weighted by atomic mass is 35.5. The van der Waals surface area contributed by atoms with Crippen LogP contribution in [0, 0.1) is 0 Å². The number of ether oxygens (including phenoxy) is 1. The fraction of sp³-hybridized carbons (Fsp3) is 0.125. The molecule has 1 aliphatic rings.